The van der Waals surface area contributed by atoms with Crippen LogP contribution in [0.1, 0.15) is 47.0 Å². The van der Waals surface area contributed by atoms with Crippen LogP contribution in [0.4, 0.5) is 0 Å². The molecule has 1 rings (SSSR count). The molecule has 0 aliphatic rings. The van der Waals surface area contributed by atoms with E-state index in [-0.39, 0.29) is 22.9 Å². The molecule has 0 aliphatic heterocycles. The summed E-state index contributed by atoms with van der Waals surface area (Å²) >= 11 is 0. The van der Waals surface area contributed by atoms with Crippen LogP contribution in [0.25, 0.3) is 0 Å². The number of amides is 2. The summed E-state index contributed by atoms with van der Waals surface area (Å²) in [6.45, 7) is 3.30. The lowest BCUT2D eigenvalue weighted by molar-refractivity contribution is -0.135. The van der Waals surface area contributed by atoms with E-state index in [1.165, 1.54) is 19.4 Å². The smallest absolute Gasteiger partial charge is 0.322 e. The first-order valence-corrected chi connectivity index (χ1v) is 8.39. The maximum Gasteiger partial charge on any atom is 0.322 e. The Morgan fingerprint density at radius 2 is 1.88 bits per heavy atom. The highest BCUT2D eigenvalue weighted by molar-refractivity contribution is 5.99. The highest BCUT2D eigenvalue weighted by Gasteiger charge is 2.17. The van der Waals surface area contributed by atoms with E-state index in [1.807, 2.05) is 0 Å². The zero-order valence-electron chi connectivity index (χ0n) is 15.0. The van der Waals surface area contributed by atoms with Gasteiger partial charge in [0.15, 0.2) is 11.4 Å². The number of nitrogens with one attached hydrogen (secondary N) is 2. The van der Waals surface area contributed by atoms with Crippen molar-refractivity contribution < 1.29 is 29.0 Å². The molecular formula is C17H25N3O6. The lowest BCUT2D eigenvalue weighted by atomic mass is 10.2. The molecule has 0 spiro atoms. The van der Waals surface area contributed by atoms with E-state index in [1.54, 1.807) is 0 Å². The van der Waals surface area contributed by atoms with Crippen LogP contribution in [0, 0.1) is 0 Å². The Bertz CT molecular complexity index is 621. The first-order valence-electron chi connectivity index (χ1n) is 8.39. The number of hydrogen-bond acceptors (Lipinski definition) is 6. The fourth-order valence-corrected chi connectivity index (χ4v) is 1.96. The van der Waals surface area contributed by atoms with Crippen molar-refractivity contribution in [2.75, 3.05) is 33.4 Å². The number of pyridine rings is 1. The summed E-state index contributed by atoms with van der Waals surface area (Å²) in [4.78, 5) is 38.4. The highest BCUT2D eigenvalue weighted by Crippen LogP contribution is 2.17. The number of aromatic nitrogens is 1. The predicted molar refractivity (Wildman–Crippen MR) is 93.4 cm³/mol. The Balaban J connectivity index is 2.55. The lowest BCUT2D eigenvalue weighted by Crippen LogP contribution is -2.30. The molecule has 26 heavy (non-hydrogen) atoms. The van der Waals surface area contributed by atoms with Crippen molar-refractivity contribution in [3.63, 3.8) is 0 Å². The molecule has 0 radical (unpaired) electrons. The van der Waals surface area contributed by atoms with Crippen molar-refractivity contribution in [1.82, 2.24) is 15.6 Å². The van der Waals surface area contributed by atoms with Crippen LogP contribution in [-0.4, -0.2) is 61.3 Å². The van der Waals surface area contributed by atoms with E-state index in [9.17, 15) is 14.4 Å². The number of hydrogen-bond donors (Lipinski definition) is 3. The average Bonchev–Trinajstić information content (AvgIpc) is 2.64. The third-order valence-corrected chi connectivity index (χ3v) is 3.34. The monoisotopic (exact) mass is 367 g/mol. The molecule has 0 unspecified atom stereocenters. The van der Waals surface area contributed by atoms with Gasteiger partial charge in [0.05, 0.1) is 12.7 Å². The van der Waals surface area contributed by atoms with Gasteiger partial charge in [0.1, 0.15) is 6.54 Å². The van der Waals surface area contributed by atoms with Crippen LogP contribution in [0.5, 0.6) is 5.75 Å². The van der Waals surface area contributed by atoms with Crippen LogP contribution in [0.2, 0.25) is 0 Å². The summed E-state index contributed by atoms with van der Waals surface area (Å²) in [7, 11) is 1.33. The van der Waals surface area contributed by atoms with Crippen molar-refractivity contribution in [2.24, 2.45) is 0 Å². The average molecular weight is 367 g/mol. The number of carboxylic acid groups (broad SMARTS) is 1. The first kappa shape index (κ1) is 21.4. The summed E-state index contributed by atoms with van der Waals surface area (Å²) < 4.78 is 10.5. The van der Waals surface area contributed by atoms with E-state index < -0.39 is 18.4 Å². The molecule has 0 aromatic carbocycles. The van der Waals surface area contributed by atoms with E-state index in [4.69, 9.17) is 14.6 Å². The molecule has 0 saturated carbocycles. The van der Waals surface area contributed by atoms with Crippen LogP contribution >= 0.6 is 0 Å². The Morgan fingerprint density at radius 1 is 1.15 bits per heavy atom. The maximum absolute atomic E-state index is 12.1. The number of unbranched alkanes of at least 4 members (excludes halogenated alkanes) is 1. The summed E-state index contributed by atoms with van der Waals surface area (Å²) in [5, 5.41) is 13.5. The van der Waals surface area contributed by atoms with Gasteiger partial charge in [-0.1, -0.05) is 13.3 Å². The molecular weight excluding hydrogens is 342 g/mol. The Morgan fingerprint density at radius 3 is 2.54 bits per heavy atom. The highest BCUT2D eigenvalue weighted by atomic mass is 16.5. The normalized spacial score (nSPS) is 10.2. The van der Waals surface area contributed by atoms with Gasteiger partial charge in [0, 0.05) is 26.0 Å². The van der Waals surface area contributed by atoms with Gasteiger partial charge in [-0.05, 0) is 18.9 Å². The Hall–Kier alpha value is -2.68. The zero-order valence-corrected chi connectivity index (χ0v) is 15.0. The molecule has 3 N–H and O–H groups in total. The largest absolute Gasteiger partial charge is 0.494 e. The van der Waals surface area contributed by atoms with E-state index in [0.29, 0.717) is 19.6 Å². The summed E-state index contributed by atoms with van der Waals surface area (Å²) in [6, 6.07) is 1.38. The standard InChI is InChI=1S/C17H25N3O6/c1-3-4-7-26-8-5-6-18-16(23)12-9-13(25-2)15(19-10-12)17(24)20-11-14(21)22/h9-10H,3-8,11H2,1-2H3,(H,18,23)(H,20,24)(H,21,22). The van der Waals surface area contributed by atoms with Crippen molar-refractivity contribution in [1.29, 1.82) is 0 Å². The Labute approximate surface area is 152 Å². The van der Waals surface area contributed by atoms with Gasteiger partial charge in [-0.15, -0.1) is 0 Å². The fourth-order valence-electron chi connectivity index (χ4n) is 1.96. The maximum atomic E-state index is 12.1. The SMILES string of the molecule is CCCCOCCCNC(=O)c1cnc(C(=O)NCC(=O)O)c(OC)c1. The number of nitrogens with zero attached hydrogens (tertiary/aromatic N) is 1. The molecule has 9 heteroatoms. The molecule has 1 heterocycles. The van der Waals surface area contributed by atoms with Crippen molar-refractivity contribution in [3.05, 3.63) is 23.5 Å². The lowest BCUT2D eigenvalue weighted by Gasteiger charge is -2.10. The molecule has 0 bridgehead atoms. The number of carbonyl (C=O) groups is 3. The summed E-state index contributed by atoms with van der Waals surface area (Å²) in [5.41, 5.74) is 0.151. The molecule has 0 atom stereocenters. The second-order valence-corrected chi connectivity index (χ2v) is 5.43. The van der Waals surface area contributed by atoms with Crippen LogP contribution < -0.4 is 15.4 Å². The number of carbonyl (C=O) groups excluding carboxylic acids is 2. The molecule has 9 nitrogen and oxygen atoms in total. The number of methoxy groups -OCH3 is 1. The minimum Gasteiger partial charge on any atom is -0.494 e. The van der Waals surface area contributed by atoms with Crippen LogP contribution in [-0.2, 0) is 9.53 Å². The molecule has 1 aromatic heterocycles. The molecule has 0 saturated heterocycles. The van der Waals surface area contributed by atoms with E-state index in [2.05, 4.69) is 22.5 Å². The van der Waals surface area contributed by atoms with Crippen LogP contribution in [0.15, 0.2) is 12.3 Å². The number of carboxylic acids is 1. The second-order valence-electron chi connectivity index (χ2n) is 5.43. The summed E-state index contributed by atoms with van der Waals surface area (Å²) in [6.07, 6.45) is 4.03. The van der Waals surface area contributed by atoms with Crippen molar-refractivity contribution in [2.45, 2.75) is 26.2 Å². The van der Waals surface area contributed by atoms with Crippen LogP contribution in [0.3, 0.4) is 0 Å². The number of aliphatic carboxylic acids is 1. The third kappa shape index (κ3) is 7.47. The van der Waals surface area contributed by atoms with Gasteiger partial charge in [-0.2, -0.15) is 0 Å². The molecule has 144 valence electrons. The molecule has 2 amide bonds. The summed E-state index contributed by atoms with van der Waals surface area (Å²) in [5.74, 6) is -2.13. The van der Waals surface area contributed by atoms with E-state index >= 15 is 0 Å². The van der Waals surface area contributed by atoms with Gasteiger partial charge in [-0.3, -0.25) is 14.4 Å². The van der Waals surface area contributed by atoms with E-state index in [0.717, 1.165) is 19.4 Å². The first-order chi connectivity index (χ1) is 12.5. The van der Waals surface area contributed by atoms with Crippen molar-refractivity contribution >= 4 is 17.8 Å². The van der Waals surface area contributed by atoms with Gasteiger partial charge in [-0.25, -0.2) is 4.98 Å². The molecule has 1 aromatic rings. The number of rotatable bonds is 12. The quantitative estimate of drug-likeness (QED) is 0.467. The minimum absolute atomic E-state index is 0.0865. The molecule has 0 fully saturated rings. The topological polar surface area (TPSA) is 127 Å². The van der Waals surface area contributed by atoms with Gasteiger partial charge >= 0.3 is 5.97 Å². The van der Waals surface area contributed by atoms with Gasteiger partial charge in [0.2, 0.25) is 0 Å². The number of ether oxygens (including phenoxy) is 2. The minimum atomic E-state index is -1.17. The van der Waals surface area contributed by atoms with Gasteiger partial charge in [0.25, 0.3) is 11.8 Å². The third-order valence-electron chi connectivity index (χ3n) is 3.34. The second kappa shape index (κ2) is 11.8. The Kier molecular flexibility index (Phi) is 9.70. The molecule has 0 aliphatic carbocycles. The fraction of sp³-hybridized carbons (Fsp3) is 0.529. The predicted octanol–water partition coefficient (Wildman–Crippen LogP) is 0.841. The van der Waals surface area contributed by atoms with Gasteiger partial charge < -0.3 is 25.2 Å². The zero-order chi connectivity index (χ0) is 19.4. The van der Waals surface area contributed by atoms with Crippen molar-refractivity contribution in [3.8, 4) is 5.75 Å².